The highest BCUT2D eigenvalue weighted by atomic mass is 15.1. The monoisotopic (exact) mass is 814 g/mol. The van der Waals surface area contributed by atoms with E-state index in [1.165, 1.54) is 11.1 Å². The summed E-state index contributed by atoms with van der Waals surface area (Å²) in [4.78, 5) is 8.57. The summed E-state index contributed by atoms with van der Waals surface area (Å²) in [5.74, 6) is 0. The molecular formula is C60H38N4. The van der Waals surface area contributed by atoms with Crippen LogP contribution in [0.1, 0.15) is 0 Å². The van der Waals surface area contributed by atoms with Crippen LogP contribution in [-0.4, -0.2) is 14.1 Å². The van der Waals surface area contributed by atoms with Gasteiger partial charge in [0.1, 0.15) is 0 Å². The fourth-order valence-electron chi connectivity index (χ4n) is 9.59. The van der Waals surface area contributed by atoms with Gasteiger partial charge in [-0.05, 0) is 128 Å². The summed E-state index contributed by atoms with van der Waals surface area (Å²) in [6.07, 6.45) is 3.60. The van der Waals surface area contributed by atoms with Gasteiger partial charge in [0, 0.05) is 33.9 Å². The molecule has 12 rings (SSSR count). The second-order valence-corrected chi connectivity index (χ2v) is 16.3. The molecule has 0 atom stereocenters. The minimum absolute atomic E-state index is 0.570. The standard InChI is InChI=1S/C60H38N4/c1-61-54-39-60(64-57-28-24-47(42-18-10-4-11-19-42)36-52(57)53-37-48(25-29-58(53)64)43-20-12-5-13-21-43)59(38-49(54)44-30-32-62-33-31-44)63-55-26-22-45(40-14-6-2-7-15-40)34-50(55)51-35-46(23-27-56(51)63)41-16-8-3-9-17-41/h2-39H. The van der Waals surface area contributed by atoms with Gasteiger partial charge in [0.05, 0.1) is 40.0 Å². The Balaban J connectivity index is 1.20. The van der Waals surface area contributed by atoms with E-state index in [9.17, 15) is 0 Å². The quantitative estimate of drug-likeness (QED) is 0.147. The molecule has 0 aliphatic rings. The topological polar surface area (TPSA) is 27.1 Å². The van der Waals surface area contributed by atoms with Gasteiger partial charge in [0.2, 0.25) is 0 Å². The van der Waals surface area contributed by atoms with Gasteiger partial charge in [0.15, 0.2) is 5.69 Å². The first-order valence-corrected chi connectivity index (χ1v) is 21.5. The molecule has 0 bridgehead atoms. The van der Waals surface area contributed by atoms with Crippen molar-refractivity contribution in [1.29, 1.82) is 0 Å². The zero-order chi connectivity index (χ0) is 42.6. The summed E-state index contributed by atoms with van der Waals surface area (Å²) in [7, 11) is 0. The third kappa shape index (κ3) is 6.18. The zero-order valence-corrected chi connectivity index (χ0v) is 34.7. The van der Waals surface area contributed by atoms with Crippen molar-refractivity contribution in [2.24, 2.45) is 0 Å². The summed E-state index contributed by atoms with van der Waals surface area (Å²) >= 11 is 0. The Labute approximate surface area is 371 Å². The van der Waals surface area contributed by atoms with Crippen LogP contribution in [0, 0.1) is 6.57 Å². The Morgan fingerprint density at radius 2 is 0.641 bits per heavy atom. The lowest BCUT2D eigenvalue weighted by molar-refractivity contribution is 1.10. The maximum atomic E-state index is 8.64. The average Bonchev–Trinajstić information content (AvgIpc) is 3.88. The van der Waals surface area contributed by atoms with Gasteiger partial charge in [-0.3, -0.25) is 4.98 Å². The second-order valence-electron chi connectivity index (χ2n) is 16.3. The highest BCUT2D eigenvalue weighted by Crippen LogP contribution is 2.45. The van der Waals surface area contributed by atoms with E-state index in [-0.39, 0.29) is 0 Å². The molecule has 3 aromatic heterocycles. The first-order valence-electron chi connectivity index (χ1n) is 21.5. The average molecular weight is 815 g/mol. The first-order chi connectivity index (χ1) is 31.7. The fourth-order valence-corrected chi connectivity index (χ4v) is 9.59. The van der Waals surface area contributed by atoms with E-state index in [4.69, 9.17) is 6.57 Å². The van der Waals surface area contributed by atoms with Crippen molar-refractivity contribution >= 4 is 49.3 Å². The lowest BCUT2D eigenvalue weighted by atomic mass is 10.0. The molecule has 64 heavy (non-hydrogen) atoms. The lowest BCUT2D eigenvalue weighted by Crippen LogP contribution is -2.04. The van der Waals surface area contributed by atoms with Crippen LogP contribution in [0.15, 0.2) is 231 Å². The van der Waals surface area contributed by atoms with E-state index in [1.807, 2.05) is 12.1 Å². The van der Waals surface area contributed by atoms with Crippen LogP contribution in [-0.2, 0) is 0 Å². The van der Waals surface area contributed by atoms with Gasteiger partial charge in [0.25, 0.3) is 0 Å². The Kier molecular flexibility index (Phi) is 8.84. The molecule has 0 aliphatic carbocycles. The summed E-state index contributed by atoms with van der Waals surface area (Å²) in [6.45, 7) is 8.64. The second kappa shape index (κ2) is 15.3. The van der Waals surface area contributed by atoms with E-state index in [0.717, 1.165) is 99.5 Å². The number of aromatic nitrogens is 3. The maximum absolute atomic E-state index is 8.64. The molecule has 4 heteroatoms. The van der Waals surface area contributed by atoms with Gasteiger partial charge in [-0.2, -0.15) is 0 Å². The van der Waals surface area contributed by atoms with Crippen molar-refractivity contribution in [3.8, 4) is 67.0 Å². The van der Waals surface area contributed by atoms with Crippen molar-refractivity contribution in [3.05, 3.63) is 242 Å². The summed E-state index contributed by atoms with van der Waals surface area (Å²) in [6, 6.07) is 78.0. The SMILES string of the molecule is [C-]#[N+]c1cc(-n2c3ccc(-c4ccccc4)cc3c3cc(-c4ccccc4)ccc32)c(-n2c3ccc(-c4ccccc4)cc3c3cc(-c4ccccc4)ccc32)cc1-c1ccncc1. The van der Waals surface area contributed by atoms with Crippen molar-refractivity contribution in [3.63, 3.8) is 0 Å². The number of hydrogen-bond acceptors (Lipinski definition) is 1. The highest BCUT2D eigenvalue weighted by Gasteiger charge is 2.23. The molecule has 0 saturated carbocycles. The van der Waals surface area contributed by atoms with E-state index >= 15 is 0 Å². The molecule has 4 nitrogen and oxygen atoms in total. The van der Waals surface area contributed by atoms with Gasteiger partial charge < -0.3 is 9.13 Å². The van der Waals surface area contributed by atoms with Crippen LogP contribution >= 0.6 is 0 Å². The van der Waals surface area contributed by atoms with Crippen LogP contribution in [0.2, 0.25) is 0 Å². The Bertz CT molecular complexity index is 3560. The number of rotatable bonds is 7. The van der Waals surface area contributed by atoms with Crippen molar-refractivity contribution < 1.29 is 0 Å². The molecule has 0 spiro atoms. The molecule has 298 valence electrons. The van der Waals surface area contributed by atoms with Crippen LogP contribution < -0.4 is 0 Å². The molecule has 0 unspecified atom stereocenters. The number of fused-ring (bicyclic) bond motifs is 6. The number of nitrogens with zero attached hydrogens (tertiary/aromatic N) is 4. The molecule has 0 radical (unpaired) electrons. The van der Waals surface area contributed by atoms with E-state index in [0.29, 0.717) is 5.69 Å². The largest absolute Gasteiger partial charge is 0.308 e. The highest BCUT2D eigenvalue weighted by molar-refractivity contribution is 6.14. The van der Waals surface area contributed by atoms with Crippen molar-refractivity contribution in [2.45, 2.75) is 0 Å². The molecule has 9 aromatic carbocycles. The van der Waals surface area contributed by atoms with Crippen molar-refractivity contribution in [1.82, 2.24) is 14.1 Å². The lowest BCUT2D eigenvalue weighted by Gasteiger charge is -2.20. The minimum Gasteiger partial charge on any atom is -0.308 e. The maximum Gasteiger partial charge on any atom is 0.197 e. The van der Waals surface area contributed by atoms with E-state index < -0.39 is 0 Å². The summed E-state index contributed by atoms with van der Waals surface area (Å²) in [5, 5.41) is 4.60. The summed E-state index contributed by atoms with van der Waals surface area (Å²) < 4.78 is 4.79. The first kappa shape index (κ1) is 37.0. The van der Waals surface area contributed by atoms with Gasteiger partial charge in [-0.15, -0.1) is 0 Å². The van der Waals surface area contributed by atoms with E-state index in [1.54, 1.807) is 12.4 Å². The van der Waals surface area contributed by atoms with Crippen molar-refractivity contribution in [2.75, 3.05) is 0 Å². The van der Waals surface area contributed by atoms with Gasteiger partial charge in [-0.1, -0.05) is 146 Å². The molecule has 0 aliphatic heterocycles. The molecule has 0 amide bonds. The molecular weight excluding hydrogens is 777 g/mol. The van der Waals surface area contributed by atoms with Crippen LogP contribution in [0.25, 0.3) is 115 Å². The van der Waals surface area contributed by atoms with Gasteiger partial charge in [-0.25, -0.2) is 4.85 Å². The van der Waals surface area contributed by atoms with E-state index in [2.05, 4.69) is 225 Å². The van der Waals surface area contributed by atoms with Gasteiger partial charge >= 0.3 is 0 Å². The fraction of sp³-hybridized carbons (Fsp3) is 0. The predicted molar refractivity (Wildman–Crippen MR) is 266 cm³/mol. The molecule has 0 N–H and O–H groups in total. The Morgan fingerprint density at radius 3 is 0.969 bits per heavy atom. The number of hydrogen-bond donors (Lipinski definition) is 0. The Morgan fingerprint density at radius 1 is 0.312 bits per heavy atom. The van der Waals surface area contributed by atoms with Crippen LogP contribution in [0.4, 0.5) is 5.69 Å². The smallest absolute Gasteiger partial charge is 0.197 e. The molecule has 0 saturated heterocycles. The molecule has 3 heterocycles. The minimum atomic E-state index is 0.570. The predicted octanol–water partition coefficient (Wildman–Crippen LogP) is 16.2. The Hall–Kier alpha value is -8.78. The van der Waals surface area contributed by atoms with Crippen LogP contribution in [0.3, 0.4) is 0 Å². The summed E-state index contributed by atoms with van der Waals surface area (Å²) in [5.41, 5.74) is 17.8. The number of pyridine rings is 1. The molecule has 12 aromatic rings. The third-order valence-electron chi connectivity index (χ3n) is 12.6. The molecule has 0 fully saturated rings. The normalized spacial score (nSPS) is 11.4. The third-order valence-corrected chi connectivity index (χ3v) is 12.6. The number of benzene rings is 9. The van der Waals surface area contributed by atoms with Crippen LogP contribution in [0.5, 0.6) is 0 Å². The zero-order valence-electron chi connectivity index (χ0n) is 34.7.